The van der Waals surface area contributed by atoms with Gasteiger partial charge in [0.05, 0.1) is 5.25 Å². The predicted molar refractivity (Wildman–Crippen MR) is 85.6 cm³/mol. The molecule has 0 spiro atoms. The zero-order chi connectivity index (χ0) is 14.3. The van der Waals surface area contributed by atoms with Crippen molar-refractivity contribution in [3.63, 3.8) is 0 Å². The molecule has 0 N–H and O–H groups in total. The summed E-state index contributed by atoms with van der Waals surface area (Å²) >= 11 is 9.43. The van der Waals surface area contributed by atoms with Crippen molar-refractivity contribution in [3.05, 3.63) is 45.9 Å². The molecule has 6 heteroatoms. The molecule has 0 unspecified atom stereocenters. The smallest absolute Gasteiger partial charge is 0.242 e. The van der Waals surface area contributed by atoms with Gasteiger partial charge in [-0.25, -0.2) is 4.98 Å². The normalized spacial score (nSPS) is 22.6. The molecule has 0 bridgehead atoms. The summed E-state index contributed by atoms with van der Waals surface area (Å²) in [5.41, 5.74) is 0.963. The highest BCUT2D eigenvalue weighted by molar-refractivity contribution is 8.01. The zero-order valence-electron chi connectivity index (χ0n) is 11.0. The van der Waals surface area contributed by atoms with E-state index in [0.717, 1.165) is 15.6 Å². The molecular formula is C14H13ClN2OS2. The lowest BCUT2D eigenvalue weighted by Gasteiger charge is -2.22. The second kappa shape index (κ2) is 5.39. The fourth-order valence-electron chi connectivity index (χ4n) is 2.16. The third-order valence-corrected chi connectivity index (χ3v) is 5.73. The number of anilines is 1. The number of rotatable bonds is 2. The summed E-state index contributed by atoms with van der Waals surface area (Å²) in [4.78, 5) is 19.7. The van der Waals surface area contributed by atoms with Crippen molar-refractivity contribution in [2.75, 3.05) is 4.90 Å². The first-order valence-corrected chi connectivity index (χ1v) is 8.37. The van der Waals surface area contributed by atoms with Crippen LogP contribution < -0.4 is 4.90 Å². The first-order valence-electron chi connectivity index (χ1n) is 6.23. The summed E-state index contributed by atoms with van der Waals surface area (Å²) in [7, 11) is 0. The monoisotopic (exact) mass is 324 g/mol. The first-order chi connectivity index (χ1) is 9.58. The second-order valence-corrected chi connectivity index (χ2v) is 7.66. The largest absolute Gasteiger partial charge is 0.273 e. The van der Waals surface area contributed by atoms with Crippen molar-refractivity contribution in [2.24, 2.45) is 0 Å². The zero-order valence-corrected chi connectivity index (χ0v) is 13.4. The van der Waals surface area contributed by atoms with Crippen LogP contribution in [0.15, 0.2) is 30.5 Å². The van der Waals surface area contributed by atoms with Gasteiger partial charge in [-0.3, -0.25) is 9.69 Å². The molecule has 1 amide bonds. The molecular weight excluding hydrogens is 312 g/mol. The lowest BCUT2D eigenvalue weighted by molar-refractivity contribution is -0.117. The fraction of sp³-hybridized carbons (Fsp3) is 0.286. The number of thiazole rings is 1. The van der Waals surface area contributed by atoms with E-state index in [1.54, 1.807) is 22.9 Å². The van der Waals surface area contributed by atoms with Gasteiger partial charge in [0.25, 0.3) is 0 Å². The number of aryl methyl sites for hydroxylation is 1. The van der Waals surface area contributed by atoms with Crippen molar-refractivity contribution >= 4 is 45.7 Å². The number of halogens is 1. The van der Waals surface area contributed by atoms with E-state index in [4.69, 9.17) is 11.6 Å². The Labute approximate surface area is 131 Å². The molecule has 3 nitrogen and oxygen atoms in total. The van der Waals surface area contributed by atoms with Crippen molar-refractivity contribution in [2.45, 2.75) is 24.5 Å². The van der Waals surface area contributed by atoms with Crippen LogP contribution in [0.1, 0.15) is 22.7 Å². The molecule has 2 heterocycles. The maximum Gasteiger partial charge on any atom is 0.242 e. The van der Waals surface area contributed by atoms with Crippen LogP contribution in [0.5, 0.6) is 0 Å². The number of carbonyl (C=O) groups is 1. The number of nitrogens with zero attached hydrogens (tertiary/aromatic N) is 2. The number of hydrogen-bond acceptors (Lipinski definition) is 4. The van der Waals surface area contributed by atoms with Crippen LogP contribution in [0.3, 0.4) is 0 Å². The average molecular weight is 325 g/mol. The Morgan fingerprint density at radius 1 is 1.35 bits per heavy atom. The van der Waals surface area contributed by atoms with Gasteiger partial charge in [0, 0.05) is 21.7 Å². The summed E-state index contributed by atoms with van der Waals surface area (Å²) in [6.07, 6.45) is 1.80. The van der Waals surface area contributed by atoms with Gasteiger partial charge in [0.15, 0.2) is 5.13 Å². The maximum absolute atomic E-state index is 12.4. The van der Waals surface area contributed by atoms with E-state index in [-0.39, 0.29) is 16.5 Å². The van der Waals surface area contributed by atoms with Crippen LogP contribution in [0, 0.1) is 6.92 Å². The summed E-state index contributed by atoms with van der Waals surface area (Å²) in [6.45, 7) is 3.92. The SMILES string of the molecule is Cc1cnc(N2C(=O)[C@@H](C)S[C@@H]2c2ccccc2Cl)s1. The maximum atomic E-state index is 12.4. The predicted octanol–water partition coefficient (Wildman–Crippen LogP) is 4.27. The first kappa shape index (κ1) is 13.9. The third-order valence-electron chi connectivity index (χ3n) is 3.14. The standard InChI is InChI=1S/C14H13ClN2OS2/c1-8-7-16-14(19-8)17-12(18)9(2)20-13(17)10-5-3-4-6-11(10)15/h3-7,9,13H,1-2H3/t9-,13-/m1/s1. The lowest BCUT2D eigenvalue weighted by Crippen LogP contribution is -2.30. The van der Waals surface area contributed by atoms with Gasteiger partial charge in [-0.1, -0.05) is 29.8 Å². The molecule has 1 aliphatic rings. The number of amides is 1. The van der Waals surface area contributed by atoms with Gasteiger partial charge in [-0.05, 0) is 19.9 Å². The van der Waals surface area contributed by atoms with Crippen LogP contribution in [0.2, 0.25) is 5.02 Å². The number of hydrogen-bond donors (Lipinski definition) is 0. The van der Waals surface area contributed by atoms with Gasteiger partial charge in [0.1, 0.15) is 5.37 Å². The fourth-order valence-corrected chi connectivity index (χ4v) is 4.62. The third kappa shape index (κ3) is 2.34. The van der Waals surface area contributed by atoms with E-state index < -0.39 is 0 Å². The number of carbonyl (C=O) groups excluding carboxylic acids is 1. The van der Waals surface area contributed by atoms with E-state index in [2.05, 4.69) is 4.98 Å². The second-order valence-electron chi connectivity index (χ2n) is 4.61. The van der Waals surface area contributed by atoms with Crippen LogP contribution in [0.25, 0.3) is 0 Å². The summed E-state index contributed by atoms with van der Waals surface area (Å²) < 4.78 is 0. The van der Waals surface area contributed by atoms with E-state index in [1.807, 2.05) is 38.1 Å². The molecule has 1 fully saturated rings. The molecule has 104 valence electrons. The minimum atomic E-state index is -0.100. The van der Waals surface area contributed by atoms with E-state index >= 15 is 0 Å². The van der Waals surface area contributed by atoms with Crippen LogP contribution in [0.4, 0.5) is 5.13 Å². The quantitative estimate of drug-likeness (QED) is 0.827. The molecule has 0 aliphatic carbocycles. The van der Waals surface area contributed by atoms with Gasteiger partial charge in [-0.2, -0.15) is 0 Å². The average Bonchev–Trinajstić information content (AvgIpc) is 2.95. The number of benzene rings is 1. The Bertz CT molecular complexity index is 658. The van der Waals surface area contributed by atoms with E-state index in [1.165, 1.54) is 11.3 Å². The minimum absolute atomic E-state index is 0.0829. The summed E-state index contributed by atoms with van der Waals surface area (Å²) in [6, 6.07) is 7.67. The van der Waals surface area contributed by atoms with Crippen molar-refractivity contribution in [3.8, 4) is 0 Å². The molecule has 1 aromatic heterocycles. The molecule has 1 aromatic carbocycles. The molecule has 2 atom stereocenters. The Kier molecular flexibility index (Phi) is 3.75. The molecule has 1 saturated heterocycles. The highest BCUT2D eigenvalue weighted by Crippen LogP contribution is 2.47. The lowest BCUT2D eigenvalue weighted by atomic mass is 10.2. The Morgan fingerprint density at radius 2 is 2.10 bits per heavy atom. The summed E-state index contributed by atoms with van der Waals surface area (Å²) in [5, 5.41) is 1.25. The summed E-state index contributed by atoms with van der Waals surface area (Å²) in [5.74, 6) is 0.0919. The Balaban J connectivity index is 2.05. The highest BCUT2D eigenvalue weighted by Gasteiger charge is 2.41. The van der Waals surface area contributed by atoms with E-state index in [9.17, 15) is 4.79 Å². The molecule has 1 aliphatic heterocycles. The van der Waals surface area contributed by atoms with Crippen LogP contribution in [-0.2, 0) is 4.79 Å². The molecule has 2 aromatic rings. The Morgan fingerprint density at radius 3 is 2.75 bits per heavy atom. The molecule has 0 saturated carbocycles. The minimum Gasteiger partial charge on any atom is -0.273 e. The number of aromatic nitrogens is 1. The van der Waals surface area contributed by atoms with E-state index in [0.29, 0.717) is 5.02 Å². The van der Waals surface area contributed by atoms with Crippen molar-refractivity contribution in [1.29, 1.82) is 0 Å². The van der Waals surface area contributed by atoms with Crippen molar-refractivity contribution in [1.82, 2.24) is 4.98 Å². The van der Waals surface area contributed by atoms with Crippen LogP contribution in [-0.4, -0.2) is 16.1 Å². The van der Waals surface area contributed by atoms with Gasteiger partial charge in [0.2, 0.25) is 5.91 Å². The molecule has 3 rings (SSSR count). The highest BCUT2D eigenvalue weighted by atomic mass is 35.5. The van der Waals surface area contributed by atoms with Crippen molar-refractivity contribution < 1.29 is 4.79 Å². The van der Waals surface area contributed by atoms with Crippen LogP contribution >= 0.6 is 34.7 Å². The topological polar surface area (TPSA) is 33.2 Å². The number of thioether (sulfide) groups is 1. The van der Waals surface area contributed by atoms with Gasteiger partial charge in [-0.15, -0.1) is 23.1 Å². The van der Waals surface area contributed by atoms with Gasteiger partial charge < -0.3 is 0 Å². The molecule has 20 heavy (non-hydrogen) atoms. The Hall–Kier alpha value is -1.04. The van der Waals surface area contributed by atoms with Gasteiger partial charge >= 0.3 is 0 Å². The molecule has 0 radical (unpaired) electrons.